The van der Waals surface area contributed by atoms with E-state index in [1.165, 1.54) is 5.56 Å². The lowest BCUT2D eigenvalue weighted by Gasteiger charge is -2.16. The van der Waals surface area contributed by atoms with Crippen molar-refractivity contribution >= 4 is 0 Å². The van der Waals surface area contributed by atoms with Gasteiger partial charge in [0, 0.05) is 17.8 Å². The van der Waals surface area contributed by atoms with Crippen LogP contribution in [0.25, 0.3) is 0 Å². The first-order chi connectivity index (χ1) is 8.72. The lowest BCUT2D eigenvalue weighted by atomic mass is 10.1. The Kier molecular flexibility index (Phi) is 4.12. The average molecular weight is 245 g/mol. The maximum Gasteiger partial charge on any atom is 0.0638 e. The van der Waals surface area contributed by atoms with Crippen LogP contribution in [0.5, 0.6) is 0 Å². The molecule has 1 heterocycles. The number of aliphatic hydroxyl groups excluding tert-OH is 1. The second-order valence-electron chi connectivity index (χ2n) is 4.44. The molecule has 0 aliphatic rings. The highest BCUT2D eigenvalue weighted by Gasteiger charge is 2.12. The van der Waals surface area contributed by atoms with Gasteiger partial charge in [0.1, 0.15) is 0 Å². The zero-order chi connectivity index (χ0) is 13.0. The summed E-state index contributed by atoms with van der Waals surface area (Å²) in [5.74, 6) is 0. The number of hydrogen-bond acceptors (Lipinski definition) is 3. The van der Waals surface area contributed by atoms with Crippen LogP contribution in [0, 0.1) is 13.8 Å². The van der Waals surface area contributed by atoms with Crippen LogP contribution in [0.3, 0.4) is 0 Å². The van der Waals surface area contributed by atoms with Gasteiger partial charge in [-0.1, -0.05) is 30.3 Å². The number of H-pyrrole nitrogens is 1. The number of benzene rings is 1. The van der Waals surface area contributed by atoms with Gasteiger partial charge in [-0.05, 0) is 19.4 Å². The predicted molar refractivity (Wildman–Crippen MR) is 71.2 cm³/mol. The molecule has 1 aromatic heterocycles. The van der Waals surface area contributed by atoms with E-state index in [0.29, 0.717) is 6.54 Å². The Bertz CT molecular complexity index is 473. The van der Waals surface area contributed by atoms with Crippen LogP contribution in [-0.2, 0) is 6.54 Å². The Morgan fingerprint density at radius 3 is 2.56 bits per heavy atom. The molecule has 0 saturated heterocycles. The van der Waals surface area contributed by atoms with Crippen molar-refractivity contribution in [3.8, 4) is 0 Å². The molecule has 4 nitrogen and oxygen atoms in total. The molecular formula is C14H19N3O. The van der Waals surface area contributed by atoms with Crippen LogP contribution in [0.15, 0.2) is 30.3 Å². The monoisotopic (exact) mass is 245 g/mol. The van der Waals surface area contributed by atoms with Gasteiger partial charge in [0.05, 0.1) is 18.3 Å². The molecule has 2 rings (SSSR count). The Hall–Kier alpha value is -1.65. The van der Waals surface area contributed by atoms with Crippen LogP contribution in [0.2, 0.25) is 0 Å². The first-order valence-electron chi connectivity index (χ1n) is 6.12. The van der Waals surface area contributed by atoms with Crippen LogP contribution >= 0.6 is 0 Å². The molecular weight excluding hydrogens is 226 g/mol. The van der Waals surface area contributed by atoms with Crippen molar-refractivity contribution < 1.29 is 5.11 Å². The van der Waals surface area contributed by atoms with E-state index in [-0.39, 0.29) is 12.6 Å². The number of aromatic amines is 1. The van der Waals surface area contributed by atoms with Crippen molar-refractivity contribution in [3.05, 3.63) is 52.8 Å². The summed E-state index contributed by atoms with van der Waals surface area (Å²) in [5.41, 5.74) is 4.35. The quantitative estimate of drug-likeness (QED) is 0.753. The summed E-state index contributed by atoms with van der Waals surface area (Å²) in [5, 5.41) is 20.0. The third-order valence-electron chi connectivity index (χ3n) is 3.19. The van der Waals surface area contributed by atoms with Gasteiger partial charge >= 0.3 is 0 Å². The van der Waals surface area contributed by atoms with E-state index in [1.54, 1.807) is 0 Å². The summed E-state index contributed by atoms with van der Waals surface area (Å²) in [6, 6.07) is 9.93. The third-order valence-corrected chi connectivity index (χ3v) is 3.19. The number of nitrogens with zero attached hydrogens (tertiary/aromatic N) is 1. The normalized spacial score (nSPS) is 12.6. The maximum atomic E-state index is 9.46. The largest absolute Gasteiger partial charge is 0.394 e. The number of aliphatic hydroxyl groups is 1. The molecule has 0 aliphatic carbocycles. The molecule has 1 atom stereocenters. The first-order valence-corrected chi connectivity index (χ1v) is 6.12. The van der Waals surface area contributed by atoms with Crippen molar-refractivity contribution in [3.63, 3.8) is 0 Å². The Labute approximate surface area is 107 Å². The summed E-state index contributed by atoms with van der Waals surface area (Å²) in [6.07, 6.45) is 0. The van der Waals surface area contributed by atoms with Crippen LogP contribution in [-0.4, -0.2) is 21.9 Å². The highest BCUT2D eigenvalue weighted by Crippen LogP contribution is 2.14. The smallest absolute Gasteiger partial charge is 0.0638 e. The van der Waals surface area contributed by atoms with Crippen molar-refractivity contribution in [2.45, 2.75) is 26.4 Å². The second-order valence-corrected chi connectivity index (χ2v) is 4.44. The molecule has 2 aromatic rings. The number of hydrogen-bond donors (Lipinski definition) is 3. The first kappa shape index (κ1) is 12.8. The molecule has 1 aromatic carbocycles. The fourth-order valence-electron chi connectivity index (χ4n) is 2.03. The molecule has 0 bridgehead atoms. The number of aryl methyl sites for hydroxylation is 2. The van der Waals surface area contributed by atoms with Gasteiger partial charge in [0.15, 0.2) is 0 Å². The minimum Gasteiger partial charge on any atom is -0.394 e. The van der Waals surface area contributed by atoms with Gasteiger partial charge in [-0.25, -0.2) is 0 Å². The Morgan fingerprint density at radius 2 is 2.00 bits per heavy atom. The molecule has 96 valence electrons. The zero-order valence-electron chi connectivity index (χ0n) is 10.8. The summed E-state index contributed by atoms with van der Waals surface area (Å²) in [7, 11) is 0. The molecule has 4 heteroatoms. The molecule has 0 saturated carbocycles. The van der Waals surface area contributed by atoms with E-state index in [0.717, 1.165) is 17.0 Å². The summed E-state index contributed by atoms with van der Waals surface area (Å²) >= 11 is 0. The maximum absolute atomic E-state index is 9.46. The molecule has 0 aliphatic heterocycles. The van der Waals surface area contributed by atoms with Gasteiger partial charge in [-0.15, -0.1) is 0 Å². The summed E-state index contributed by atoms with van der Waals surface area (Å²) in [6.45, 7) is 4.78. The molecule has 0 radical (unpaired) electrons. The van der Waals surface area contributed by atoms with Crippen molar-refractivity contribution in [1.29, 1.82) is 0 Å². The topological polar surface area (TPSA) is 60.9 Å². The van der Waals surface area contributed by atoms with Crippen molar-refractivity contribution in [2.24, 2.45) is 0 Å². The SMILES string of the molecule is Cc1n[nH]c(C)c1CN[C@@H](CO)c1ccccc1. The second kappa shape index (κ2) is 5.80. The van der Waals surface area contributed by atoms with E-state index in [9.17, 15) is 5.11 Å². The standard InChI is InChI=1S/C14H19N3O/c1-10-13(11(2)17-16-10)8-15-14(9-18)12-6-4-3-5-7-12/h3-7,14-15,18H,8-9H2,1-2H3,(H,16,17)/t14-/m0/s1. The Morgan fingerprint density at radius 1 is 1.28 bits per heavy atom. The van der Waals surface area contributed by atoms with E-state index in [2.05, 4.69) is 15.5 Å². The van der Waals surface area contributed by atoms with Gasteiger partial charge in [-0.2, -0.15) is 5.10 Å². The van der Waals surface area contributed by atoms with Crippen LogP contribution in [0.1, 0.15) is 28.6 Å². The molecule has 0 unspecified atom stereocenters. The molecule has 18 heavy (non-hydrogen) atoms. The molecule has 0 amide bonds. The average Bonchev–Trinajstić information content (AvgIpc) is 2.72. The fourth-order valence-corrected chi connectivity index (χ4v) is 2.03. The van der Waals surface area contributed by atoms with Crippen LogP contribution < -0.4 is 5.32 Å². The summed E-state index contributed by atoms with van der Waals surface area (Å²) in [4.78, 5) is 0. The van der Waals surface area contributed by atoms with E-state index < -0.39 is 0 Å². The number of nitrogens with one attached hydrogen (secondary N) is 2. The zero-order valence-corrected chi connectivity index (χ0v) is 10.8. The highest BCUT2D eigenvalue weighted by molar-refractivity contribution is 5.24. The van der Waals surface area contributed by atoms with Crippen LogP contribution in [0.4, 0.5) is 0 Å². The predicted octanol–water partition coefficient (Wildman–Crippen LogP) is 1.85. The number of rotatable bonds is 5. The molecule has 3 N–H and O–H groups in total. The minimum absolute atomic E-state index is 0.0418. The van der Waals surface area contributed by atoms with E-state index in [4.69, 9.17) is 0 Å². The van der Waals surface area contributed by atoms with Gasteiger partial charge in [0.2, 0.25) is 0 Å². The van der Waals surface area contributed by atoms with Crippen molar-refractivity contribution in [1.82, 2.24) is 15.5 Å². The molecule has 0 spiro atoms. The Balaban J connectivity index is 2.04. The third kappa shape index (κ3) is 2.78. The van der Waals surface area contributed by atoms with E-state index in [1.807, 2.05) is 44.2 Å². The van der Waals surface area contributed by atoms with E-state index >= 15 is 0 Å². The van der Waals surface area contributed by atoms with Gasteiger partial charge in [0.25, 0.3) is 0 Å². The highest BCUT2D eigenvalue weighted by atomic mass is 16.3. The van der Waals surface area contributed by atoms with Gasteiger partial charge in [-0.3, -0.25) is 5.10 Å². The fraction of sp³-hybridized carbons (Fsp3) is 0.357. The number of aromatic nitrogens is 2. The lowest BCUT2D eigenvalue weighted by Crippen LogP contribution is -2.24. The lowest BCUT2D eigenvalue weighted by molar-refractivity contribution is 0.243. The summed E-state index contributed by atoms with van der Waals surface area (Å²) < 4.78 is 0. The minimum atomic E-state index is -0.0418. The van der Waals surface area contributed by atoms with Crippen molar-refractivity contribution in [2.75, 3.05) is 6.61 Å². The molecule has 0 fully saturated rings. The van der Waals surface area contributed by atoms with Gasteiger partial charge < -0.3 is 10.4 Å².